The molecule has 2 nitrogen and oxygen atoms in total. The van der Waals surface area contributed by atoms with E-state index in [1.54, 1.807) is 0 Å². The van der Waals surface area contributed by atoms with Crippen molar-refractivity contribution in [2.24, 2.45) is 0 Å². The normalized spacial score (nSPS) is 10.5. The van der Waals surface area contributed by atoms with Gasteiger partial charge in [-0.3, -0.25) is 0 Å². The summed E-state index contributed by atoms with van der Waals surface area (Å²) in [6, 6.07) is 28.3. The lowest BCUT2D eigenvalue weighted by Gasteiger charge is -2.31. The van der Waals surface area contributed by atoms with Gasteiger partial charge in [-0.15, -0.1) is 0 Å². The number of benzene rings is 3. The van der Waals surface area contributed by atoms with Crippen LogP contribution in [0, 0.1) is 0 Å². The first-order chi connectivity index (χ1) is 12.1. The molecule has 0 aliphatic heterocycles. The van der Waals surface area contributed by atoms with Gasteiger partial charge in [0.25, 0.3) is 0 Å². The van der Waals surface area contributed by atoms with Gasteiger partial charge in [0, 0.05) is 17.8 Å². The van der Waals surface area contributed by atoms with Gasteiger partial charge in [0.15, 0.2) is 5.11 Å². The second-order valence-corrected chi connectivity index (χ2v) is 6.59. The molecule has 3 aromatic carbocycles. The zero-order valence-electron chi connectivity index (χ0n) is 13.9. The van der Waals surface area contributed by atoms with Gasteiger partial charge in [-0.25, -0.2) is 0 Å². The number of hydrogen-bond acceptors (Lipinski definition) is 1. The fourth-order valence-electron chi connectivity index (χ4n) is 2.77. The Labute approximate surface area is 159 Å². The lowest BCUT2D eigenvalue weighted by molar-refractivity contribution is 0.434. The Morgan fingerprint density at radius 1 is 0.840 bits per heavy atom. The molecular weight excluding hydrogens is 348 g/mol. The quantitative estimate of drug-likeness (QED) is 0.591. The molecule has 3 rings (SSSR count). The third kappa shape index (κ3) is 4.38. The highest BCUT2D eigenvalue weighted by Gasteiger charge is 2.21. The molecule has 0 bridgehead atoms. The molecule has 0 unspecified atom stereocenters. The first-order valence-corrected chi connectivity index (χ1v) is 8.83. The minimum Gasteiger partial charge on any atom is -0.341 e. The summed E-state index contributed by atoms with van der Waals surface area (Å²) in [7, 11) is 2.01. The molecule has 0 spiro atoms. The Balaban J connectivity index is 1.87. The second kappa shape index (κ2) is 8.15. The molecule has 0 atom stereocenters. The van der Waals surface area contributed by atoms with Crippen molar-refractivity contribution in [1.82, 2.24) is 4.90 Å². The Morgan fingerprint density at radius 2 is 1.32 bits per heavy atom. The molecule has 0 saturated heterocycles. The molecule has 126 valence electrons. The fraction of sp³-hybridized carbons (Fsp3) is 0.0952. The van der Waals surface area contributed by atoms with E-state index in [0.29, 0.717) is 10.1 Å². The van der Waals surface area contributed by atoms with Crippen molar-refractivity contribution in [3.05, 3.63) is 101 Å². The largest absolute Gasteiger partial charge is 0.341 e. The maximum Gasteiger partial charge on any atom is 0.173 e. The average Bonchev–Trinajstić information content (AvgIpc) is 2.65. The van der Waals surface area contributed by atoms with Crippen LogP contribution in [0.5, 0.6) is 0 Å². The van der Waals surface area contributed by atoms with E-state index in [0.717, 1.165) is 5.69 Å². The van der Waals surface area contributed by atoms with Crippen molar-refractivity contribution in [2.45, 2.75) is 6.04 Å². The Hall–Kier alpha value is -2.36. The third-order valence-electron chi connectivity index (χ3n) is 4.03. The standard InChI is InChI=1S/C21H19ClN2S/c1-24(21(25)23-19-14-12-18(22)13-15-19)20(16-8-4-2-5-9-16)17-10-6-3-7-11-17/h2-15,20H,1H3,(H,23,25). The first kappa shape index (κ1) is 17.5. The molecule has 25 heavy (non-hydrogen) atoms. The summed E-state index contributed by atoms with van der Waals surface area (Å²) >= 11 is 11.6. The van der Waals surface area contributed by atoms with E-state index in [-0.39, 0.29) is 6.04 Å². The summed E-state index contributed by atoms with van der Waals surface area (Å²) in [4.78, 5) is 2.08. The SMILES string of the molecule is CN(C(=S)Nc1ccc(Cl)cc1)C(c1ccccc1)c1ccccc1. The van der Waals surface area contributed by atoms with Gasteiger partial charge < -0.3 is 10.2 Å². The van der Waals surface area contributed by atoms with Crippen molar-refractivity contribution in [3.63, 3.8) is 0 Å². The topological polar surface area (TPSA) is 15.3 Å². The van der Waals surface area contributed by atoms with Crippen LogP contribution in [0.3, 0.4) is 0 Å². The van der Waals surface area contributed by atoms with E-state index in [1.807, 2.05) is 43.4 Å². The zero-order valence-corrected chi connectivity index (χ0v) is 15.5. The molecule has 0 amide bonds. The lowest BCUT2D eigenvalue weighted by Crippen LogP contribution is -2.35. The highest BCUT2D eigenvalue weighted by atomic mass is 35.5. The number of nitrogens with one attached hydrogen (secondary N) is 1. The van der Waals surface area contributed by atoms with Crippen LogP contribution in [0.4, 0.5) is 5.69 Å². The first-order valence-electron chi connectivity index (χ1n) is 8.04. The smallest absolute Gasteiger partial charge is 0.173 e. The molecule has 0 radical (unpaired) electrons. The van der Waals surface area contributed by atoms with Crippen molar-refractivity contribution in [1.29, 1.82) is 0 Å². The van der Waals surface area contributed by atoms with Crippen LogP contribution >= 0.6 is 23.8 Å². The van der Waals surface area contributed by atoms with Crippen molar-refractivity contribution in [3.8, 4) is 0 Å². The summed E-state index contributed by atoms with van der Waals surface area (Å²) in [6.07, 6.45) is 0. The third-order valence-corrected chi connectivity index (χ3v) is 4.68. The van der Waals surface area contributed by atoms with Gasteiger partial charge >= 0.3 is 0 Å². The predicted molar refractivity (Wildman–Crippen MR) is 110 cm³/mol. The Bertz CT molecular complexity index is 780. The van der Waals surface area contributed by atoms with Gasteiger partial charge in [0.05, 0.1) is 6.04 Å². The molecule has 0 aliphatic carbocycles. The molecule has 0 heterocycles. The van der Waals surface area contributed by atoms with Gasteiger partial charge in [0.1, 0.15) is 0 Å². The van der Waals surface area contributed by atoms with E-state index < -0.39 is 0 Å². The molecule has 0 aromatic heterocycles. The van der Waals surface area contributed by atoms with Gasteiger partial charge in [-0.05, 0) is 47.6 Å². The van der Waals surface area contributed by atoms with Crippen LogP contribution in [0.25, 0.3) is 0 Å². The van der Waals surface area contributed by atoms with Crippen LogP contribution in [0.15, 0.2) is 84.9 Å². The molecule has 3 aromatic rings. The van der Waals surface area contributed by atoms with E-state index in [1.165, 1.54) is 11.1 Å². The van der Waals surface area contributed by atoms with Crippen molar-refractivity contribution in [2.75, 3.05) is 12.4 Å². The Kier molecular flexibility index (Phi) is 5.69. The number of nitrogens with zero attached hydrogens (tertiary/aromatic N) is 1. The summed E-state index contributed by atoms with van der Waals surface area (Å²) in [6.45, 7) is 0. The molecular formula is C21H19ClN2S. The summed E-state index contributed by atoms with van der Waals surface area (Å²) in [5, 5.41) is 4.65. The van der Waals surface area contributed by atoms with E-state index in [2.05, 4.69) is 58.7 Å². The minimum atomic E-state index is 0.0368. The Morgan fingerprint density at radius 3 is 1.80 bits per heavy atom. The number of rotatable bonds is 4. The zero-order chi connectivity index (χ0) is 17.6. The number of hydrogen-bond donors (Lipinski definition) is 1. The molecule has 4 heteroatoms. The average molecular weight is 367 g/mol. The predicted octanol–water partition coefficient (Wildman–Crippen LogP) is 5.76. The summed E-state index contributed by atoms with van der Waals surface area (Å²) in [5.74, 6) is 0. The number of anilines is 1. The molecule has 0 fully saturated rings. The van der Waals surface area contributed by atoms with Crippen LogP contribution < -0.4 is 5.32 Å². The van der Waals surface area contributed by atoms with Crippen LogP contribution in [-0.4, -0.2) is 17.1 Å². The van der Waals surface area contributed by atoms with Crippen LogP contribution in [-0.2, 0) is 0 Å². The number of thiocarbonyl (C=S) groups is 1. The van der Waals surface area contributed by atoms with Crippen LogP contribution in [0.1, 0.15) is 17.2 Å². The highest BCUT2D eigenvalue weighted by molar-refractivity contribution is 7.80. The van der Waals surface area contributed by atoms with Gasteiger partial charge in [0.2, 0.25) is 0 Å². The second-order valence-electron chi connectivity index (χ2n) is 5.77. The maximum absolute atomic E-state index is 5.95. The monoisotopic (exact) mass is 366 g/mol. The van der Waals surface area contributed by atoms with Crippen molar-refractivity contribution < 1.29 is 0 Å². The van der Waals surface area contributed by atoms with Gasteiger partial charge in [-0.1, -0.05) is 72.3 Å². The van der Waals surface area contributed by atoms with E-state index in [9.17, 15) is 0 Å². The molecule has 1 N–H and O–H groups in total. The maximum atomic E-state index is 5.95. The van der Waals surface area contributed by atoms with Gasteiger partial charge in [-0.2, -0.15) is 0 Å². The van der Waals surface area contributed by atoms with E-state index >= 15 is 0 Å². The summed E-state index contributed by atoms with van der Waals surface area (Å²) < 4.78 is 0. The molecule has 0 saturated carbocycles. The summed E-state index contributed by atoms with van der Waals surface area (Å²) in [5.41, 5.74) is 3.30. The van der Waals surface area contributed by atoms with E-state index in [4.69, 9.17) is 23.8 Å². The minimum absolute atomic E-state index is 0.0368. The van der Waals surface area contributed by atoms with Crippen LogP contribution in [0.2, 0.25) is 5.02 Å². The van der Waals surface area contributed by atoms with Crippen molar-refractivity contribution >= 4 is 34.6 Å². The molecule has 0 aliphatic rings. The number of halogens is 1. The fourth-order valence-corrected chi connectivity index (χ4v) is 3.12. The lowest BCUT2D eigenvalue weighted by atomic mass is 9.98. The highest BCUT2D eigenvalue weighted by Crippen LogP contribution is 2.28.